The number of hydrogen-bond donors (Lipinski definition) is 2. The molecule has 0 aliphatic carbocycles. The highest BCUT2D eigenvalue weighted by atomic mass is 32.2. The number of benzene rings is 2. The number of sulfonamides is 1. The van der Waals surface area contributed by atoms with Crippen molar-refractivity contribution in [2.75, 3.05) is 5.43 Å². The molecule has 0 atom stereocenters. The second-order valence-electron chi connectivity index (χ2n) is 4.60. The summed E-state index contributed by atoms with van der Waals surface area (Å²) in [6.45, 7) is 1.94. The lowest BCUT2D eigenvalue weighted by molar-refractivity contribution is 0.598. The van der Waals surface area contributed by atoms with Crippen LogP contribution in [0.1, 0.15) is 18.9 Å². The summed E-state index contributed by atoms with van der Waals surface area (Å²) in [5, 5.41) is 9.30. The van der Waals surface area contributed by atoms with Crippen molar-refractivity contribution in [2.24, 2.45) is 10.2 Å². The van der Waals surface area contributed by atoms with E-state index >= 15 is 0 Å². The smallest absolute Gasteiger partial charge is 0.238 e. The molecule has 0 fully saturated rings. The third-order valence-electron chi connectivity index (χ3n) is 3.02. The van der Waals surface area contributed by atoms with E-state index in [9.17, 15) is 12.8 Å². The van der Waals surface area contributed by atoms with Gasteiger partial charge < -0.3 is 0 Å². The number of halogens is 1. The molecule has 116 valence electrons. The van der Waals surface area contributed by atoms with E-state index in [1.165, 1.54) is 24.3 Å². The second kappa shape index (κ2) is 6.67. The van der Waals surface area contributed by atoms with Gasteiger partial charge in [-0.05, 0) is 48.4 Å². The van der Waals surface area contributed by atoms with Gasteiger partial charge in [0.05, 0.1) is 16.3 Å². The fourth-order valence-electron chi connectivity index (χ4n) is 1.84. The molecule has 0 saturated carbocycles. The van der Waals surface area contributed by atoms with Crippen molar-refractivity contribution in [1.29, 1.82) is 0 Å². The van der Waals surface area contributed by atoms with Crippen LogP contribution in [0.25, 0.3) is 0 Å². The van der Waals surface area contributed by atoms with Gasteiger partial charge in [-0.2, -0.15) is 5.10 Å². The maximum atomic E-state index is 12.9. The van der Waals surface area contributed by atoms with Crippen LogP contribution >= 0.6 is 0 Å². The Bertz CT molecular complexity index is 769. The summed E-state index contributed by atoms with van der Waals surface area (Å²) < 4.78 is 35.3. The van der Waals surface area contributed by atoms with Gasteiger partial charge in [-0.3, -0.25) is 5.43 Å². The molecule has 0 aliphatic rings. The average Bonchev–Trinajstić information content (AvgIpc) is 2.49. The van der Waals surface area contributed by atoms with Crippen molar-refractivity contribution in [1.82, 2.24) is 0 Å². The molecule has 3 N–H and O–H groups in total. The summed E-state index contributed by atoms with van der Waals surface area (Å²) in [6, 6.07) is 12.0. The van der Waals surface area contributed by atoms with Gasteiger partial charge in [0.1, 0.15) is 5.82 Å². The van der Waals surface area contributed by atoms with Crippen molar-refractivity contribution in [3.8, 4) is 0 Å². The molecule has 5 nitrogen and oxygen atoms in total. The quantitative estimate of drug-likeness (QED) is 0.656. The largest absolute Gasteiger partial charge is 0.278 e. The minimum absolute atomic E-state index is 0.0382. The summed E-state index contributed by atoms with van der Waals surface area (Å²) in [5.41, 5.74) is 5.05. The topological polar surface area (TPSA) is 84.5 Å². The molecule has 0 spiro atoms. The number of nitrogens with one attached hydrogen (secondary N) is 1. The van der Waals surface area contributed by atoms with Crippen molar-refractivity contribution < 1.29 is 12.8 Å². The number of anilines is 1. The normalized spacial score (nSPS) is 12.2. The fourth-order valence-corrected chi connectivity index (χ4v) is 2.36. The lowest BCUT2D eigenvalue weighted by Gasteiger charge is -2.06. The zero-order chi connectivity index (χ0) is 16.2. The van der Waals surface area contributed by atoms with E-state index in [0.29, 0.717) is 12.1 Å². The third kappa shape index (κ3) is 4.12. The van der Waals surface area contributed by atoms with Gasteiger partial charge in [0.15, 0.2) is 0 Å². The summed E-state index contributed by atoms with van der Waals surface area (Å²) >= 11 is 0. The Morgan fingerprint density at radius 2 is 1.73 bits per heavy atom. The molecule has 7 heteroatoms. The fraction of sp³-hybridized carbons (Fsp3) is 0.133. The maximum absolute atomic E-state index is 12.9. The molecule has 0 saturated heterocycles. The molecule has 2 aromatic carbocycles. The molecule has 0 unspecified atom stereocenters. The van der Waals surface area contributed by atoms with Crippen molar-refractivity contribution in [2.45, 2.75) is 18.2 Å². The van der Waals surface area contributed by atoms with E-state index in [0.717, 1.165) is 11.3 Å². The van der Waals surface area contributed by atoms with E-state index < -0.39 is 10.0 Å². The molecular weight excluding hydrogens is 305 g/mol. The van der Waals surface area contributed by atoms with Gasteiger partial charge in [0.25, 0.3) is 0 Å². The van der Waals surface area contributed by atoms with Crippen molar-refractivity contribution in [3.05, 3.63) is 59.9 Å². The first-order chi connectivity index (χ1) is 10.4. The summed E-state index contributed by atoms with van der Waals surface area (Å²) in [6.07, 6.45) is 0.661. The van der Waals surface area contributed by atoms with E-state index in [2.05, 4.69) is 10.5 Å². The minimum Gasteiger partial charge on any atom is -0.278 e. The SMILES string of the molecule is CC/C(=N\Nc1ccc(S(N)(=O)=O)cc1)c1ccc(F)cc1. The molecule has 2 rings (SSSR count). The van der Waals surface area contributed by atoms with Crippen LogP contribution in [0.5, 0.6) is 0 Å². The monoisotopic (exact) mass is 321 g/mol. The molecule has 22 heavy (non-hydrogen) atoms. The van der Waals surface area contributed by atoms with Crippen LogP contribution in [0, 0.1) is 5.82 Å². The number of nitrogens with zero attached hydrogens (tertiary/aromatic N) is 1. The zero-order valence-electron chi connectivity index (χ0n) is 12.0. The number of hydrogen-bond acceptors (Lipinski definition) is 4. The highest BCUT2D eigenvalue weighted by Crippen LogP contribution is 2.13. The molecule has 0 heterocycles. The Morgan fingerprint density at radius 3 is 2.23 bits per heavy atom. The van der Waals surface area contributed by atoms with Gasteiger partial charge in [-0.15, -0.1) is 0 Å². The summed E-state index contributed by atoms with van der Waals surface area (Å²) in [4.78, 5) is 0.0382. The first-order valence-electron chi connectivity index (χ1n) is 6.61. The Balaban J connectivity index is 2.17. The van der Waals surface area contributed by atoms with Crippen molar-refractivity contribution >= 4 is 21.4 Å². The van der Waals surface area contributed by atoms with Gasteiger partial charge in [-0.1, -0.05) is 19.1 Å². The van der Waals surface area contributed by atoms with E-state index in [-0.39, 0.29) is 10.7 Å². The van der Waals surface area contributed by atoms with Crippen LogP contribution < -0.4 is 10.6 Å². The molecule has 0 amide bonds. The molecule has 0 aliphatic heterocycles. The molecule has 0 bridgehead atoms. The number of nitrogens with two attached hydrogens (primary N) is 1. The first kappa shape index (κ1) is 16.1. The van der Waals surface area contributed by atoms with Gasteiger partial charge in [0, 0.05) is 0 Å². The van der Waals surface area contributed by atoms with Crippen LogP contribution in [0.2, 0.25) is 0 Å². The Morgan fingerprint density at radius 1 is 1.14 bits per heavy atom. The van der Waals surface area contributed by atoms with Crippen LogP contribution in [-0.4, -0.2) is 14.1 Å². The Hall–Kier alpha value is -2.25. The summed E-state index contributed by atoms with van der Waals surface area (Å²) in [5.74, 6) is -0.300. The number of primary sulfonamides is 1. The average molecular weight is 321 g/mol. The zero-order valence-corrected chi connectivity index (χ0v) is 12.8. The first-order valence-corrected chi connectivity index (χ1v) is 8.16. The van der Waals surface area contributed by atoms with E-state index in [4.69, 9.17) is 5.14 Å². The lowest BCUT2D eigenvalue weighted by Crippen LogP contribution is -2.11. The van der Waals surface area contributed by atoms with Crippen LogP contribution in [-0.2, 0) is 10.0 Å². The predicted molar refractivity (Wildman–Crippen MR) is 84.7 cm³/mol. The predicted octanol–water partition coefficient (Wildman–Crippen LogP) is 2.70. The molecule has 0 radical (unpaired) electrons. The summed E-state index contributed by atoms with van der Waals surface area (Å²) in [7, 11) is -3.70. The molecular formula is C15H16FN3O2S. The standard InChI is InChI=1S/C15H16FN3O2S/c1-2-15(11-3-5-12(16)6-4-11)19-18-13-7-9-14(10-8-13)22(17,20)21/h3-10,18H,2H2,1H3,(H2,17,20,21)/b19-15+. The minimum atomic E-state index is -3.70. The number of rotatable bonds is 5. The van der Waals surface area contributed by atoms with Crippen LogP contribution in [0.15, 0.2) is 58.5 Å². The van der Waals surface area contributed by atoms with E-state index in [1.54, 1.807) is 24.3 Å². The highest BCUT2D eigenvalue weighted by Gasteiger charge is 2.06. The van der Waals surface area contributed by atoms with Gasteiger partial charge >= 0.3 is 0 Å². The van der Waals surface area contributed by atoms with Crippen LogP contribution in [0.3, 0.4) is 0 Å². The van der Waals surface area contributed by atoms with Crippen molar-refractivity contribution in [3.63, 3.8) is 0 Å². The van der Waals surface area contributed by atoms with Gasteiger partial charge in [-0.25, -0.2) is 17.9 Å². The highest BCUT2D eigenvalue weighted by molar-refractivity contribution is 7.89. The molecule has 2 aromatic rings. The van der Waals surface area contributed by atoms with Crippen LogP contribution in [0.4, 0.5) is 10.1 Å². The van der Waals surface area contributed by atoms with Gasteiger partial charge in [0.2, 0.25) is 10.0 Å². The Kier molecular flexibility index (Phi) is 4.89. The third-order valence-corrected chi connectivity index (χ3v) is 3.94. The Labute approximate surface area is 128 Å². The number of hydrazone groups is 1. The second-order valence-corrected chi connectivity index (χ2v) is 6.16. The molecule has 0 aromatic heterocycles. The lowest BCUT2D eigenvalue weighted by atomic mass is 10.1. The van der Waals surface area contributed by atoms with E-state index in [1.807, 2.05) is 6.92 Å². The maximum Gasteiger partial charge on any atom is 0.238 e.